The maximum Gasteiger partial charge on any atom is 0.223 e. The molecule has 0 aliphatic carbocycles. The highest BCUT2D eigenvalue weighted by Crippen LogP contribution is 2.23. The van der Waals surface area contributed by atoms with Crippen LogP contribution in [0.15, 0.2) is 12.1 Å². The summed E-state index contributed by atoms with van der Waals surface area (Å²) < 4.78 is 0.787. The lowest BCUT2D eigenvalue weighted by atomic mass is 9.98. The average Bonchev–Trinajstić information content (AvgIpc) is 2.72. The molecular formula is C13H19ClN2OS. The van der Waals surface area contributed by atoms with Gasteiger partial charge in [0.15, 0.2) is 0 Å². The number of carbonyl (C=O) groups excluding carboxylic acids is 1. The average molecular weight is 287 g/mol. The van der Waals surface area contributed by atoms with Gasteiger partial charge in [-0.1, -0.05) is 11.6 Å². The Hall–Kier alpha value is -0.580. The van der Waals surface area contributed by atoms with Gasteiger partial charge in [-0.3, -0.25) is 4.79 Å². The Bertz CT molecular complexity index is 421. The molecule has 0 unspecified atom stereocenters. The van der Waals surface area contributed by atoms with E-state index in [1.54, 1.807) is 11.3 Å². The van der Waals surface area contributed by atoms with Gasteiger partial charge >= 0.3 is 0 Å². The fourth-order valence-corrected chi connectivity index (χ4v) is 3.53. The van der Waals surface area contributed by atoms with Gasteiger partial charge in [-0.15, -0.1) is 11.3 Å². The van der Waals surface area contributed by atoms with Gasteiger partial charge in [0.05, 0.1) is 4.34 Å². The molecule has 2 rings (SSSR count). The Morgan fingerprint density at radius 3 is 3.00 bits per heavy atom. The van der Waals surface area contributed by atoms with E-state index >= 15 is 0 Å². The van der Waals surface area contributed by atoms with Gasteiger partial charge in [0.25, 0.3) is 0 Å². The third kappa shape index (κ3) is 3.46. The molecule has 0 spiro atoms. The first-order chi connectivity index (χ1) is 8.56. The van der Waals surface area contributed by atoms with Crippen LogP contribution in [-0.2, 0) is 11.2 Å². The van der Waals surface area contributed by atoms with Crippen LogP contribution in [0.3, 0.4) is 0 Å². The van der Waals surface area contributed by atoms with Gasteiger partial charge in [-0.25, -0.2) is 0 Å². The number of nitrogens with zero attached hydrogens (tertiary/aromatic N) is 1. The van der Waals surface area contributed by atoms with Crippen LogP contribution in [0.4, 0.5) is 0 Å². The summed E-state index contributed by atoms with van der Waals surface area (Å²) in [5, 5.41) is 0. The van der Waals surface area contributed by atoms with E-state index in [0.717, 1.165) is 30.1 Å². The summed E-state index contributed by atoms with van der Waals surface area (Å²) in [6, 6.07) is 4.40. The van der Waals surface area contributed by atoms with Gasteiger partial charge in [0, 0.05) is 29.9 Å². The summed E-state index contributed by atoms with van der Waals surface area (Å²) in [6.45, 7) is 2.88. The van der Waals surface area contributed by atoms with Gasteiger partial charge < -0.3 is 10.6 Å². The molecule has 3 nitrogen and oxygen atoms in total. The minimum Gasteiger partial charge on any atom is -0.340 e. The molecule has 0 radical (unpaired) electrons. The van der Waals surface area contributed by atoms with E-state index in [4.69, 9.17) is 17.3 Å². The van der Waals surface area contributed by atoms with Crippen LogP contribution in [0.1, 0.15) is 31.1 Å². The van der Waals surface area contributed by atoms with E-state index in [1.165, 1.54) is 4.88 Å². The number of hydrogen-bond donors (Lipinski definition) is 1. The zero-order chi connectivity index (χ0) is 13.1. The zero-order valence-corrected chi connectivity index (χ0v) is 12.1. The molecule has 1 amide bonds. The minimum atomic E-state index is 0.235. The highest BCUT2D eigenvalue weighted by atomic mass is 35.5. The molecule has 0 saturated carbocycles. The first kappa shape index (κ1) is 13.8. The van der Waals surface area contributed by atoms with E-state index in [0.29, 0.717) is 6.42 Å². The molecule has 1 aliphatic rings. The van der Waals surface area contributed by atoms with Crippen molar-refractivity contribution in [2.45, 2.75) is 44.7 Å². The quantitative estimate of drug-likeness (QED) is 0.928. The summed E-state index contributed by atoms with van der Waals surface area (Å²) in [4.78, 5) is 15.3. The number of hydrogen-bond acceptors (Lipinski definition) is 3. The van der Waals surface area contributed by atoms with Gasteiger partial charge in [0.1, 0.15) is 0 Å². The molecule has 0 aromatic carbocycles. The lowest BCUT2D eigenvalue weighted by Crippen LogP contribution is -2.48. The highest BCUT2D eigenvalue weighted by Gasteiger charge is 2.26. The van der Waals surface area contributed by atoms with E-state index < -0.39 is 0 Å². The van der Waals surface area contributed by atoms with E-state index in [9.17, 15) is 4.79 Å². The second-order valence-electron chi connectivity index (χ2n) is 4.93. The number of amides is 1. The van der Waals surface area contributed by atoms with Crippen LogP contribution < -0.4 is 5.73 Å². The van der Waals surface area contributed by atoms with Crippen LogP contribution in [0.25, 0.3) is 0 Å². The minimum absolute atomic E-state index is 0.235. The first-order valence-corrected chi connectivity index (χ1v) is 7.55. The van der Waals surface area contributed by atoms with Crippen molar-refractivity contribution in [3.05, 3.63) is 21.3 Å². The number of aryl methyl sites for hydroxylation is 1. The van der Waals surface area contributed by atoms with Crippen molar-refractivity contribution >= 4 is 28.8 Å². The van der Waals surface area contributed by atoms with Crippen molar-refractivity contribution < 1.29 is 4.79 Å². The standard InChI is InChI=1S/C13H19ClN2OS/c1-9-8-10(15)6-7-16(9)13(17)5-3-11-2-4-12(14)18-11/h2,4,9-10H,3,5-8,15H2,1H3/t9-,10+/m0/s1. The summed E-state index contributed by atoms with van der Waals surface area (Å²) >= 11 is 7.43. The topological polar surface area (TPSA) is 46.3 Å². The van der Waals surface area contributed by atoms with E-state index in [1.807, 2.05) is 17.0 Å². The number of likely N-dealkylation sites (tertiary alicyclic amines) is 1. The van der Waals surface area contributed by atoms with Crippen molar-refractivity contribution in [3.63, 3.8) is 0 Å². The number of halogens is 1. The fourth-order valence-electron chi connectivity index (χ4n) is 2.44. The second kappa shape index (κ2) is 6.04. The predicted molar refractivity (Wildman–Crippen MR) is 76.0 cm³/mol. The lowest BCUT2D eigenvalue weighted by Gasteiger charge is -2.36. The predicted octanol–water partition coefficient (Wildman–Crippen LogP) is 2.67. The number of thiophene rings is 1. The van der Waals surface area contributed by atoms with Crippen LogP contribution in [0.2, 0.25) is 4.34 Å². The Morgan fingerprint density at radius 1 is 1.61 bits per heavy atom. The molecule has 1 aromatic rings. The van der Waals surface area contributed by atoms with Crippen molar-refractivity contribution in [1.82, 2.24) is 4.90 Å². The maximum absolute atomic E-state index is 12.2. The molecule has 1 fully saturated rings. The molecule has 100 valence electrons. The van der Waals surface area contributed by atoms with Gasteiger partial charge in [-0.05, 0) is 38.3 Å². The third-order valence-electron chi connectivity index (χ3n) is 3.45. The molecule has 2 atom stereocenters. The summed E-state index contributed by atoms with van der Waals surface area (Å²) in [5.74, 6) is 0.235. The van der Waals surface area contributed by atoms with Crippen molar-refractivity contribution in [2.24, 2.45) is 5.73 Å². The molecule has 1 aliphatic heterocycles. The molecule has 2 heterocycles. The molecular weight excluding hydrogens is 268 g/mol. The van der Waals surface area contributed by atoms with Crippen molar-refractivity contribution in [2.75, 3.05) is 6.54 Å². The molecule has 0 bridgehead atoms. The summed E-state index contributed by atoms with van der Waals surface area (Å²) in [5.41, 5.74) is 5.90. The van der Waals surface area contributed by atoms with Crippen LogP contribution >= 0.6 is 22.9 Å². The lowest BCUT2D eigenvalue weighted by molar-refractivity contribution is -0.134. The molecule has 2 N–H and O–H groups in total. The van der Waals surface area contributed by atoms with E-state index in [2.05, 4.69) is 6.92 Å². The highest BCUT2D eigenvalue weighted by molar-refractivity contribution is 7.16. The maximum atomic E-state index is 12.2. The normalized spacial score (nSPS) is 24.3. The molecule has 18 heavy (non-hydrogen) atoms. The Balaban J connectivity index is 1.84. The monoisotopic (exact) mass is 286 g/mol. The summed E-state index contributed by atoms with van der Waals surface area (Å²) in [6.07, 6.45) is 3.18. The van der Waals surface area contributed by atoms with Crippen molar-refractivity contribution in [3.8, 4) is 0 Å². The second-order valence-corrected chi connectivity index (χ2v) is 6.73. The van der Waals surface area contributed by atoms with Gasteiger partial charge in [0.2, 0.25) is 5.91 Å². The fraction of sp³-hybridized carbons (Fsp3) is 0.615. The molecule has 1 aromatic heterocycles. The Labute approximate surface area is 117 Å². The van der Waals surface area contributed by atoms with Crippen LogP contribution in [0, 0.1) is 0 Å². The number of carbonyl (C=O) groups is 1. The summed E-state index contributed by atoms with van der Waals surface area (Å²) in [7, 11) is 0. The van der Waals surface area contributed by atoms with Gasteiger partial charge in [-0.2, -0.15) is 0 Å². The number of piperidine rings is 1. The first-order valence-electron chi connectivity index (χ1n) is 6.35. The third-order valence-corrected chi connectivity index (χ3v) is 4.74. The van der Waals surface area contributed by atoms with E-state index in [-0.39, 0.29) is 18.0 Å². The van der Waals surface area contributed by atoms with Crippen LogP contribution in [0.5, 0.6) is 0 Å². The van der Waals surface area contributed by atoms with Crippen LogP contribution in [-0.4, -0.2) is 29.4 Å². The molecule has 5 heteroatoms. The largest absolute Gasteiger partial charge is 0.340 e. The van der Waals surface area contributed by atoms with Crippen molar-refractivity contribution in [1.29, 1.82) is 0 Å². The number of nitrogens with two attached hydrogens (primary N) is 1. The number of rotatable bonds is 3. The Kier molecular flexibility index (Phi) is 4.65. The molecule has 1 saturated heterocycles. The SMILES string of the molecule is C[C@H]1C[C@H](N)CCN1C(=O)CCc1ccc(Cl)s1. The zero-order valence-electron chi connectivity index (χ0n) is 10.6. The Morgan fingerprint density at radius 2 is 2.39 bits per heavy atom. The smallest absolute Gasteiger partial charge is 0.223 e.